The first-order valence-electron chi connectivity index (χ1n) is 10.5. The molecule has 168 valence electrons. The minimum atomic E-state index is -0.472. The van der Waals surface area contributed by atoms with Gasteiger partial charge in [-0.1, -0.05) is 35.9 Å². The minimum absolute atomic E-state index is 0.160. The van der Waals surface area contributed by atoms with Gasteiger partial charge in [-0.05, 0) is 61.9 Å². The number of nitrogens with zero attached hydrogens (tertiary/aromatic N) is 1. The van der Waals surface area contributed by atoms with E-state index in [9.17, 15) is 9.59 Å². The Kier molecular flexibility index (Phi) is 6.38. The Bertz CT molecular complexity index is 1250. The van der Waals surface area contributed by atoms with Crippen LogP contribution in [0.3, 0.4) is 0 Å². The molecule has 0 radical (unpaired) electrons. The van der Waals surface area contributed by atoms with Crippen LogP contribution in [0.1, 0.15) is 18.1 Å². The number of anilines is 2. The fourth-order valence-corrected chi connectivity index (χ4v) is 3.90. The van der Waals surface area contributed by atoms with Crippen LogP contribution in [-0.2, 0) is 9.59 Å². The SMILES string of the molecule is CCOc1ccc(NC2=C(c3ccccc3OC)C(=O)N(c3cc(Cl)ccc3C)C2=O)cc1. The monoisotopic (exact) mass is 462 g/mol. The number of methoxy groups -OCH3 is 1. The molecule has 3 aromatic carbocycles. The third kappa shape index (κ3) is 4.30. The summed E-state index contributed by atoms with van der Waals surface area (Å²) >= 11 is 6.19. The summed E-state index contributed by atoms with van der Waals surface area (Å²) in [5.74, 6) is 0.278. The van der Waals surface area contributed by atoms with Crippen LogP contribution in [0, 0.1) is 6.92 Å². The molecule has 0 saturated heterocycles. The van der Waals surface area contributed by atoms with Gasteiger partial charge in [-0.3, -0.25) is 9.59 Å². The first kappa shape index (κ1) is 22.4. The van der Waals surface area contributed by atoms with Gasteiger partial charge in [0.1, 0.15) is 17.2 Å². The molecule has 2 amide bonds. The molecule has 0 unspecified atom stereocenters. The lowest BCUT2D eigenvalue weighted by atomic mass is 10.0. The molecule has 0 saturated carbocycles. The van der Waals surface area contributed by atoms with Gasteiger partial charge in [-0.25, -0.2) is 4.90 Å². The molecule has 0 bridgehead atoms. The average molecular weight is 463 g/mol. The third-order valence-electron chi connectivity index (χ3n) is 5.31. The zero-order valence-electron chi connectivity index (χ0n) is 18.5. The van der Waals surface area contributed by atoms with E-state index < -0.39 is 11.8 Å². The molecule has 0 aromatic heterocycles. The lowest BCUT2D eigenvalue weighted by molar-refractivity contribution is -0.120. The van der Waals surface area contributed by atoms with E-state index in [1.807, 2.05) is 19.9 Å². The number of ether oxygens (including phenoxy) is 2. The largest absolute Gasteiger partial charge is 0.496 e. The second-order valence-corrected chi connectivity index (χ2v) is 7.85. The standard InChI is InChI=1S/C26H23ClN2O4/c1-4-33-19-13-11-18(12-14-19)28-24-23(20-7-5-6-8-22(20)32-3)25(30)29(26(24)31)21-15-17(27)10-9-16(21)2/h5-15,28H,4H2,1-3H3. The molecule has 1 aliphatic rings. The Balaban J connectivity index is 1.83. The van der Waals surface area contributed by atoms with E-state index in [-0.39, 0.29) is 11.3 Å². The topological polar surface area (TPSA) is 67.9 Å². The number of halogens is 1. The maximum absolute atomic E-state index is 13.7. The van der Waals surface area contributed by atoms with Crippen LogP contribution in [0.4, 0.5) is 11.4 Å². The molecule has 33 heavy (non-hydrogen) atoms. The summed E-state index contributed by atoms with van der Waals surface area (Å²) in [4.78, 5) is 28.4. The Morgan fingerprint density at radius 1 is 0.970 bits per heavy atom. The summed E-state index contributed by atoms with van der Waals surface area (Å²) in [5.41, 5.74) is 2.75. The minimum Gasteiger partial charge on any atom is -0.496 e. The van der Waals surface area contributed by atoms with E-state index in [4.69, 9.17) is 21.1 Å². The summed E-state index contributed by atoms with van der Waals surface area (Å²) in [6, 6.07) is 19.4. The maximum Gasteiger partial charge on any atom is 0.282 e. The molecule has 6 nitrogen and oxygen atoms in total. The van der Waals surface area contributed by atoms with Gasteiger partial charge in [0.15, 0.2) is 0 Å². The molecular weight excluding hydrogens is 440 g/mol. The number of benzene rings is 3. The van der Waals surface area contributed by atoms with Gasteiger partial charge in [0.25, 0.3) is 11.8 Å². The van der Waals surface area contributed by atoms with Gasteiger partial charge < -0.3 is 14.8 Å². The van der Waals surface area contributed by atoms with Crippen molar-refractivity contribution in [3.8, 4) is 11.5 Å². The molecule has 0 spiro atoms. The summed E-state index contributed by atoms with van der Waals surface area (Å²) in [7, 11) is 1.53. The number of amides is 2. The predicted molar refractivity (Wildman–Crippen MR) is 130 cm³/mol. The van der Waals surface area contributed by atoms with Crippen molar-refractivity contribution in [3.05, 3.63) is 88.6 Å². The van der Waals surface area contributed by atoms with E-state index in [1.165, 1.54) is 7.11 Å². The highest BCUT2D eigenvalue weighted by molar-refractivity contribution is 6.46. The van der Waals surface area contributed by atoms with Gasteiger partial charge in [0.2, 0.25) is 0 Å². The Morgan fingerprint density at radius 3 is 2.39 bits per heavy atom. The number of imide groups is 1. The quantitative estimate of drug-likeness (QED) is 0.473. The number of carbonyl (C=O) groups is 2. The first-order chi connectivity index (χ1) is 15.9. The number of hydrogen-bond donors (Lipinski definition) is 1. The van der Waals surface area contributed by atoms with Crippen molar-refractivity contribution < 1.29 is 19.1 Å². The molecule has 3 aromatic rings. The van der Waals surface area contributed by atoms with Crippen LogP contribution in [0.5, 0.6) is 11.5 Å². The van der Waals surface area contributed by atoms with E-state index in [0.717, 1.165) is 10.5 Å². The van der Waals surface area contributed by atoms with Crippen LogP contribution in [0.2, 0.25) is 5.02 Å². The molecule has 0 atom stereocenters. The molecular formula is C26H23ClN2O4. The second-order valence-electron chi connectivity index (χ2n) is 7.41. The highest BCUT2D eigenvalue weighted by Gasteiger charge is 2.41. The maximum atomic E-state index is 13.7. The Hall–Kier alpha value is -3.77. The highest BCUT2D eigenvalue weighted by atomic mass is 35.5. The van der Waals surface area contributed by atoms with Crippen LogP contribution in [0.15, 0.2) is 72.4 Å². The van der Waals surface area contributed by atoms with Crippen molar-refractivity contribution in [3.63, 3.8) is 0 Å². The molecule has 0 aliphatic carbocycles. The van der Waals surface area contributed by atoms with Gasteiger partial charge in [-0.15, -0.1) is 0 Å². The lowest BCUT2D eigenvalue weighted by Crippen LogP contribution is -2.33. The summed E-state index contributed by atoms with van der Waals surface area (Å²) in [6.45, 7) is 4.29. The summed E-state index contributed by atoms with van der Waals surface area (Å²) in [6.07, 6.45) is 0. The summed E-state index contributed by atoms with van der Waals surface area (Å²) < 4.78 is 11.0. The number of nitrogens with one attached hydrogen (secondary N) is 1. The zero-order valence-corrected chi connectivity index (χ0v) is 19.3. The van der Waals surface area contributed by atoms with E-state index >= 15 is 0 Å². The van der Waals surface area contributed by atoms with Crippen molar-refractivity contribution in [2.24, 2.45) is 0 Å². The van der Waals surface area contributed by atoms with Crippen LogP contribution in [0.25, 0.3) is 5.57 Å². The molecule has 4 rings (SSSR count). The van der Waals surface area contributed by atoms with Gasteiger partial charge >= 0.3 is 0 Å². The van der Waals surface area contributed by atoms with Gasteiger partial charge in [0.05, 0.1) is 25.0 Å². The zero-order chi connectivity index (χ0) is 23.5. The van der Waals surface area contributed by atoms with Crippen LogP contribution >= 0.6 is 11.6 Å². The van der Waals surface area contributed by atoms with Gasteiger partial charge in [0, 0.05) is 16.3 Å². The van der Waals surface area contributed by atoms with Crippen molar-refractivity contribution in [2.45, 2.75) is 13.8 Å². The van der Waals surface area contributed by atoms with Gasteiger partial charge in [-0.2, -0.15) is 0 Å². The number of carbonyl (C=O) groups excluding carboxylic acids is 2. The van der Waals surface area contributed by atoms with Crippen molar-refractivity contribution >= 4 is 40.4 Å². The van der Waals surface area contributed by atoms with Crippen LogP contribution in [-0.4, -0.2) is 25.5 Å². The Labute approximate surface area is 197 Å². The number of hydrogen-bond acceptors (Lipinski definition) is 5. The van der Waals surface area contributed by atoms with E-state index in [1.54, 1.807) is 60.7 Å². The van der Waals surface area contributed by atoms with E-state index in [0.29, 0.717) is 40.1 Å². The van der Waals surface area contributed by atoms with Crippen molar-refractivity contribution in [1.82, 2.24) is 0 Å². The van der Waals surface area contributed by atoms with Crippen LogP contribution < -0.4 is 19.7 Å². The third-order valence-corrected chi connectivity index (χ3v) is 5.54. The average Bonchev–Trinajstić information content (AvgIpc) is 3.06. The van der Waals surface area contributed by atoms with Crippen molar-refractivity contribution in [2.75, 3.05) is 23.9 Å². The number of para-hydroxylation sites is 1. The smallest absolute Gasteiger partial charge is 0.282 e. The first-order valence-corrected chi connectivity index (χ1v) is 10.8. The molecule has 0 fully saturated rings. The Morgan fingerprint density at radius 2 is 1.70 bits per heavy atom. The predicted octanol–water partition coefficient (Wildman–Crippen LogP) is 5.45. The molecule has 1 heterocycles. The number of aryl methyl sites for hydroxylation is 1. The normalized spacial score (nSPS) is 13.5. The summed E-state index contributed by atoms with van der Waals surface area (Å²) in [5, 5.41) is 3.58. The van der Waals surface area contributed by atoms with Crippen molar-refractivity contribution in [1.29, 1.82) is 0 Å². The van der Waals surface area contributed by atoms with E-state index in [2.05, 4.69) is 5.32 Å². The lowest BCUT2D eigenvalue weighted by Gasteiger charge is -2.18. The number of rotatable bonds is 7. The fraction of sp³-hybridized carbons (Fsp3) is 0.154. The second kappa shape index (κ2) is 9.38. The highest BCUT2D eigenvalue weighted by Crippen LogP contribution is 2.39. The molecule has 7 heteroatoms. The molecule has 1 aliphatic heterocycles. The molecule has 1 N–H and O–H groups in total. The fourth-order valence-electron chi connectivity index (χ4n) is 3.73.